The fourth-order valence-corrected chi connectivity index (χ4v) is 3.19. The molecule has 0 radical (unpaired) electrons. The van der Waals surface area contributed by atoms with Gasteiger partial charge in [-0.05, 0) is 32.9 Å². The van der Waals surface area contributed by atoms with Gasteiger partial charge in [-0.1, -0.05) is 11.6 Å². The number of likely N-dealkylation sites (tertiary alicyclic amines) is 1. The highest BCUT2D eigenvalue weighted by atomic mass is 16.3. The number of hydrogen-bond acceptors (Lipinski definition) is 4. The van der Waals surface area contributed by atoms with Crippen LogP contribution in [0.5, 0.6) is 0 Å². The van der Waals surface area contributed by atoms with Crippen molar-refractivity contribution in [2.24, 2.45) is 0 Å². The lowest BCUT2D eigenvalue weighted by molar-refractivity contribution is 0.148. The minimum atomic E-state index is -0.368. The van der Waals surface area contributed by atoms with Crippen molar-refractivity contribution >= 4 is 10.9 Å². The van der Waals surface area contributed by atoms with E-state index >= 15 is 0 Å². The van der Waals surface area contributed by atoms with E-state index < -0.39 is 0 Å². The third-order valence-electron chi connectivity index (χ3n) is 4.64. The third-order valence-corrected chi connectivity index (χ3v) is 4.64. The second-order valence-corrected chi connectivity index (χ2v) is 6.81. The van der Waals surface area contributed by atoms with E-state index in [1.807, 2.05) is 25.1 Å². The number of pyridine rings is 1. The van der Waals surface area contributed by atoms with Crippen LogP contribution in [-0.2, 0) is 6.54 Å². The summed E-state index contributed by atoms with van der Waals surface area (Å²) < 4.78 is 0. The maximum Gasteiger partial charge on any atom is 0.189 e. The molecular formula is C18H25N3O2. The molecule has 23 heavy (non-hydrogen) atoms. The second kappa shape index (κ2) is 6.43. The van der Waals surface area contributed by atoms with Crippen molar-refractivity contribution in [2.45, 2.75) is 45.5 Å². The predicted octanol–water partition coefficient (Wildman–Crippen LogP) is 1.38. The van der Waals surface area contributed by atoms with Gasteiger partial charge in [0.2, 0.25) is 0 Å². The Labute approximate surface area is 136 Å². The van der Waals surface area contributed by atoms with Crippen LogP contribution in [0.2, 0.25) is 0 Å². The van der Waals surface area contributed by atoms with Crippen LogP contribution in [0.1, 0.15) is 25.1 Å². The minimum Gasteiger partial charge on any atom is -0.390 e. The topological polar surface area (TPSA) is 68.4 Å². The molecule has 124 valence electrons. The first-order chi connectivity index (χ1) is 10.9. The Balaban J connectivity index is 1.73. The monoisotopic (exact) mass is 315 g/mol. The highest BCUT2D eigenvalue weighted by Gasteiger charge is 2.31. The van der Waals surface area contributed by atoms with Gasteiger partial charge in [0.25, 0.3) is 0 Å². The molecule has 1 aliphatic rings. The number of aryl methyl sites for hydroxylation is 1. The Bertz CT molecular complexity index is 754. The van der Waals surface area contributed by atoms with E-state index in [0.717, 1.165) is 28.7 Å². The number of aliphatic hydroxyl groups excluding tert-OH is 1. The zero-order valence-electron chi connectivity index (χ0n) is 14.0. The Morgan fingerprint density at radius 2 is 2.13 bits per heavy atom. The van der Waals surface area contributed by atoms with Gasteiger partial charge in [0.1, 0.15) is 0 Å². The maximum absolute atomic E-state index is 12.2. The highest BCUT2D eigenvalue weighted by molar-refractivity contribution is 5.79. The summed E-state index contributed by atoms with van der Waals surface area (Å²) in [6.45, 7) is 8.33. The SMILES string of the molecule is Cc1ccc2[nH]c(CNC3CN(C(C)C)CC3O)cc(=O)c2c1. The molecule has 2 aromatic rings. The first-order valence-electron chi connectivity index (χ1n) is 8.22. The molecule has 0 aliphatic carbocycles. The Kier molecular flexibility index (Phi) is 4.53. The smallest absolute Gasteiger partial charge is 0.189 e. The minimum absolute atomic E-state index is 0.0367. The molecule has 0 spiro atoms. The lowest BCUT2D eigenvalue weighted by atomic mass is 10.1. The largest absolute Gasteiger partial charge is 0.390 e. The Morgan fingerprint density at radius 3 is 2.83 bits per heavy atom. The Hall–Kier alpha value is -1.69. The number of aromatic amines is 1. The van der Waals surface area contributed by atoms with E-state index in [1.54, 1.807) is 6.07 Å². The summed E-state index contributed by atoms with van der Waals surface area (Å²) in [4.78, 5) is 17.8. The summed E-state index contributed by atoms with van der Waals surface area (Å²) in [5, 5.41) is 14.3. The van der Waals surface area contributed by atoms with Crippen LogP contribution >= 0.6 is 0 Å². The number of nitrogens with zero attached hydrogens (tertiary/aromatic N) is 1. The van der Waals surface area contributed by atoms with Gasteiger partial charge in [0.15, 0.2) is 5.43 Å². The van der Waals surface area contributed by atoms with Crippen molar-refractivity contribution in [1.29, 1.82) is 0 Å². The summed E-state index contributed by atoms with van der Waals surface area (Å²) in [6.07, 6.45) is -0.368. The highest BCUT2D eigenvalue weighted by Crippen LogP contribution is 2.14. The van der Waals surface area contributed by atoms with Crippen LogP contribution in [0.25, 0.3) is 10.9 Å². The van der Waals surface area contributed by atoms with E-state index in [9.17, 15) is 9.90 Å². The molecule has 1 aromatic carbocycles. The van der Waals surface area contributed by atoms with Crippen molar-refractivity contribution in [2.75, 3.05) is 13.1 Å². The second-order valence-electron chi connectivity index (χ2n) is 6.81. The van der Waals surface area contributed by atoms with Crippen molar-refractivity contribution in [3.05, 3.63) is 45.7 Å². The first-order valence-corrected chi connectivity index (χ1v) is 8.22. The molecule has 1 aromatic heterocycles. The molecule has 0 saturated carbocycles. The molecule has 1 fully saturated rings. The molecule has 3 rings (SSSR count). The van der Waals surface area contributed by atoms with Crippen LogP contribution < -0.4 is 10.7 Å². The number of benzene rings is 1. The van der Waals surface area contributed by atoms with Crippen molar-refractivity contribution < 1.29 is 5.11 Å². The molecule has 0 bridgehead atoms. The van der Waals surface area contributed by atoms with Gasteiger partial charge >= 0.3 is 0 Å². The number of aromatic nitrogens is 1. The van der Waals surface area contributed by atoms with E-state index in [1.165, 1.54) is 0 Å². The van der Waals surface area contributed by atoms with Crippen LogP contribution in [0, 0.1) is 6.92 Å². The molecule has 1 saturated heterocycles. The van der Waals surface area contributed by atoms with Crippen LogP contribution in [-0.4, -0.2) is 46.3 Å². The van der Waals surface area contributed by atoms with E-state index in [-0.39, 0.29) is 17.6 Å². The normalized spacial score (nSPS) is 22.3. The summed E-state index contributed by atoms with van der Waals surface area (Å²) >= 11 is 0. The van der Waals surface area contributed by atoms with Gasteiger partial charge < -0.3 is 15.4 Å². The first kappa shape index (κ1) is 16.2. The van der Waals surface area contributed by atoms with E-state index in [4.69, 9.17) is 0 Å². The van der Waals surface area contributed by atoms with Gasteiger partial charge in [-0.25, -0.2) is 0 Å². The summed E-state index contributed by atoms with van der Waals surface area (Å²) in [5.74, 6) is 0. The van der Waals surface area contributed by atoms with Crippen molar-refractivity contribution in [1.82, 2.24) is 15.2 Å². The van der Waals surface area contributed by atoms with Gasteiger partial charge in [0, 0.05) is 54.4 Å². The average molecular weight is 315 g/mol. The number of rotatable bonds is 4. The zero-order chi connectivity index (χ0) is 16.6. The predicted molar refractivity (Wildman–Crippen MR) is 92.6 cm³/mol. The van der Waals surface area contributed by atoms with Crippen molar-refractivity contribution in [3.63, 3.8) is 0 Å². The van der Waals surface area contributed by atoms with Crippen molar-refractivity contribution in [3.8, 4) is 0 Å². The number of H-pyrrole nitrogens is 1. The van der Waals surface area contributed by atoms with Crippen LogP contribution in [0.15, 0.2) is 29.1 Å². The summed E-state index contributed by atoms with van der Waals surface area (Å²) in [7, 11) is 0. The molecule has 1 aliphatic heterocycles. The molecule has 5 heteroatoms. The molecular weight excluding hydrogens is 290 g/mol. The molecule has 3 N–H and O–H groups in total. The lowest BCUT2D eigenvalue weighted by Crippen LogP contribution is -2.39. The molecule has 2 unspecified atom stereocenters. The van der Waals surface area contributed by atoms with Gasteiger partial charge in [-0.2, -0.15) is 0 Å². The fourth-order valence-electron chi connectivity index (χ4n) is 3.19. The molecule has 0 amide bonds. The zero-order valence-corrected chi connectivity index (χ0v) is 14.0. The fraction of sp³-hybridized carbons (Fsp3) is 0.500. The average Bonchev–Trinajstić information content (AvgIpc) is 2.87. The van der Waals surface area contributed by atoms with Crippen LogP contribution in [0.3, 0.4) is 0 Å². The van der Waals surface area contributed by atoms with E-state index in [0.29, 0.717) is 19.1 Å². The molecule has 5 nitrogen and oxygen atoms in total. The standard InChI is InChI=1S/C18H25N3O2/c1-11(2)21-9-16(18(23)10-21)19-8-13-7-17(22)14-6-12(3)4-5-15(14)20-13/h4-7,11,16,18-19,23H,8-10H2,1-3H3,(H,20,22). The number of nitrogens with one attached hydrogen (secondary N) is 2. The molecule has 2 atom stereocenters. The maximum atomic E-state index is 12.2. The Morgan fingerprint density at radius 1 is 1.35 bits per heavy atom. The number of hydrogen-bond donors (Lipinski definition) is 3. The lowest BCUT2D eigenvalue weighted by Gasteiger charge is -2.20. The van der Waals surface area contributed by atoms with Gasteiger partial charge in [-0.15, -0.1) is 0 Å². The summed E-state index contributed by atoms with van der Waals surface area (Å²) in [5.41, 5.74) is 2.82. The third kappa shape index (κ3) is 3.47. The van der Waals surface area contributed by atoms with E-state index in [2.05, 4.69) is 29.0 Å². The van der Waals surface area contributed by atoms with Gasteiger partial charge in [-0.3, -0.25) is 9.69 Å². The quantitative estimate of drug-likeness (QED) is 0.797. The molecule has 2 heterocycles. The number of β-amino-alcohol motifs (C(OH)–C–C–N with tert-alkyl or cyclic N) is 1. The van der Waals surface area contributed by atoms with Crippen LogP contribution in [0.4, 0.5) is 0 Å². The van der Waals surface area contributed by atoms with Gasteiger partial charge in [0.05, 0.1) is 6.10 Å². The summed E-state index contributed by atoms with van der Waals surface area (Å²) in [6, 6.07) is 7.97. The number of aliphatic hydroxyl groups is 1. The number of fused-ring (bicyclic) bond motifs is 1.